The van der Waals surface area contributed by atoms with Gasteiger partial charge in [-0.2, -0.15) is 0 Å². The Morgan fingerprint density at radius 1 is 1.45 bits per heavy atom. The van der Waals surface area contributed by atoms with Crippen molar-refractivity contribution in [1.82, 2.24) is 10.2 Å². The van der Waals surface area contributed by atoms with Gasteiger partial charge in [0.2, 0.25) is 0 Å². The van der Waals surface area contributed by atoms with E-state index in [0.29, 0.717) is 17.8 Å². The quantitative estimate of drug-likeness (QED) is 0.658. The molecule has 1 aromatic carbocycles. The zero-order valence-electron chi connectivity index (χ0n) is 13.2. The van der Waals surface area contributed by atoms with E-state index in [1.54, 1.807) is 36.0 Å². The summed E-state index contributed by atoms with van der Waals surface area (Å²) in [6, 6.07) is 4.83. The van der Waals surface area contributed by atoms with E-state index in [0.717, 1.165) is 19.5 Å². The number of benzene rings is 1. The second kappa shape index (κ2) is 6.74. The SMILES string of the molecule is CCN(C(=O)c1ccc(N(C)C)c([N+](=O)[O-])c1)C1CCNC1. The number of anilines is 1. The number of nitro benzene ring substituents is 1. The lowest BCUT2D eigenvalue weighted by Gasteiger charge is -2.27. The molecule has 1 aliphatic heterocycles. The highest BCUT2D eigenvalue weighted by molar-refractivity contribution is 5.96. The number of rotatable bonds is 5. The number of hydrogen-bond acceptors (Lipinski definition) is 5. The second-order valence-electron chi connectivity index (χ2n) is 5.59. The highest BCUT2D eigenvalue weighted by atomic mass is 16.6. The lowest BCUT2D eigenvalue weighted by Crippen LogP contribution is -2.41. The van der Waals surface area contributed by atoms with Gasteiger partial charge in [-0.25, -0.2) is 0 Å². The third-order valence-corrected chi connectivity index (χ3v) is 3.98. The monoisotopic (exact) mass is 306 g/mol. The third-order valence-electron chi connectivity index (χ3n) is 3.98. The maximum absolute atomic E-state index is 12.7. The summed E-state index contributed by atoms with van der Waals surface area (Å²) >= 11 is 0. The summed E-state index contributed by atoms with van der Waals surface area (Å²) in [6.45, 7) is 4.19. The van der Waals surface area contributed by atoms with Crippen LogP contribution in [0.5, 0.6) is 0 Å². The summed E-state index contributed by atoms with van der Waals surface area (Å²) in [5.41, 5.74) is 0.814. The minimum absolute atomic E-state index is 0.0450. The van der Waals surface area contributed by atoms with Crippen LogP contribution >= 0.6 is 0 Å². The maximum Gasteiger partial charge on any atom is 0.293 e. The Balaban J connectivity index is 2.32. The van der Waals surface area contributed by atoms with Gasteiger partial charge in [0.25, 0.3) is 11.6 Å². The van der Waals surface area contributed by atoms with E-state index < -0.39 is 4.92 Å². The van der Waals surface area contributed by atoms with E-state index >= 15 is 0 Å². The highest BCUT2D eigenvalue weighted by Gasteiger charge is 2.27. The van der Waals surface area contributed by atoms with Crippen molar-refractivity contribution in [2.24, 2.45) is 0 Å². The Bertz CT molecular complexity index is 568. The van der Waals surface area contributed by atoms with Crippen LogP contribution in [0.15, 0.2) is 18.2 Å². The molecule has 1 heterocycles. The van der Waals surface area contributed by atoms with Gasteiger partial charge < -0.3 is 15.1 Å². The van der Waals surface area contributed by atoms with Gasteiger partial charge in [-0.1, -0.05) is 0 Å². The molecule has 0 spiro atoms. The molecule has 22 heavy (non-hydrogen) atoms. The predicted molar refractivity (Wildman–Crippen MR) is 85.4 cm³/mol. The fraction of sp³-hybridized carbons (Fsp3) is 0.533. The van der Waals surface area contributed by atoms with Crippen molar-refractivity contribution in [2.75, 3.05) is 38.6 Å². The Hall–Kier alpha value is -2.15. The first-order valence-corrected chi connectivity index (χ1v) is 7.43. The zero-order valence-corrected chi connectivity index (χ0v) is 13.2. The van der Waals surface area contributed by atoms with E-state index in [-0.39, 0.29) is 17.6 Å². The first kappa shape index (κ1) is 16.2. The largest absolute Gasteiger partial charge is 0.372 e. The first-order valence-electron chi connectivity index (χ1n) is 7.43. The van der Waals surface area contributed by atoms with Crippen LogP contribution in [0.2, 0.25) is 0 Å². The van der Waals surface area contributed by atoms with Gasteiger partial charge in [0.05, 0.1) is 4.92 Å². The highest BCUT2D eigenvalue weighted by Crippen LogP contribution is 2.28. The number of carbonyl (C=O) groups is 1. The summed E-state index contributed by atoms with van der Waals surface area (Å²) in [4.78, 5) is 26.9. The zero-order chi connectivity index (χ0) is 16.3. The lowest BCUT2D eigenvalue weighted by atomic mass is 10.1. The number of nitrogens with one attached hydrogen (secondary N) is 1. The van der Waals surface area contributed by atoms with E-state index in [1.807, 2.05) is 6.92 Å². The van der Waals surface area contributed by atoms with Crippen molar-refractivity contribution in [3.05, 3.63) is 33.9 Å². The normalized spacial score (nSPS) is 17.3. The fourth-order valence-corrected chi connectivity index (χ4v) is 2.82. The van der Waals surface area contributed by atoms with Crippen LogP contribution in [0.1, 0.15) is 23.7 Å². The van der Waals surface area contributed by atoms with Gasteiger partial charge in [-0.05, 0) is 32.0 Å². The van der Waals surface area contributed by atoms with E-state index in [2.05, 4.69) is 5.32 Å². The average molecular weight is 306 g/mol. The standard InChI is InChI=1S/C15H22N4O3/c1-4-18(12-7-8-16-10-12)15(20)11-5-6-13(17(2)3)14(9-11)19(21)22/h5-6,9,12,16H,4,7-8,10H2,1-3H3. The number of amides is 1. The Morgan fingerprint density at radius 3 is 2.68 bits per heavy atom. The predicted octanol–water partition coefficient (Wildman–Crippen LogP) is 1.48. The Kier molecular flexibility index (Phi) is 4.97. The van der Waals surface area contributed by atoms with Crippen molar-refractivity contribution in [1.29, 1.82) is 0 Å². The van der Waals surface area contributed by atoms with Gasteiger partial charge in [0, 0.05) is 44.9 Å². The fourth-order valence-electron chi connectivity index (χ4n) is 2.82. The average Bonchev–Trinajstić information content (AvgIpc) is 3.01. The maximum atomic E-state index is 12.7. The van der Waals surface area contributed by atoms with Crippen molar-refractivity contribution in [3.63, 3.8) is 0 Å². The molecule has 1 amide bonds. The lowest BCUT2D eigenvalue weighted by molar-refractivity contribution is -0.384. The number of likely N-dealkylation sites (N-methyl/N-ethyl adjacent to an activating group) is 1. The van der Waals surface area contributed by atoms with Gasteiger partial charge in [-0.15, -0.1) is 0 Å². The number of nitro groups is 1. The molecule has 1 fully saturated rings. The minimum Gasteiger partial charge on any atom is -0.372 e. The second-order valence-corrected chi connectivity index (χ2v) is 5.59. The molecule has 1 aromatic rings. The van der Waals surface area contributed by atoms with Gasteiger partial charge in [0.15, 0.2) is 0 Å². The third kappa shape index (κ3) is 3.19. The van der Waals surface area contributed by atoms with E-state index in [4.69, 9.17) is 0 Å². The molecule has 1 aliphatic rings. The van der Waals surface area contributed by atoms with Gasteiger partial charge in [0.1, 0.15) is 5.69 Å². The molecular weight excluding hydrogens is 284 g/mol. The molecule has 1 N–H and O–H groups in total. The molecule has 0 bridgehead atoms. The van der Waals surface area contributed by atoms with Crippen LogP contribution in [0.3, 0.4) is 0 Å². The molecule has 7 nitrogen and oxygen atoms in total. The molecule has 0 aromatic heterocycles. The molecule has 1 saturated heterocycles. The smallest absolute Gasteiger partial charge is 0.293 e. The minimum atomic E-state index is -0.445. The summed E-state index contributed by atoms with van der Waals surface area (Å²) in [7, 11) is 3.48. The summed E-state index contributed by atoms with van der Waals surface area (Å²) in [5.74, 6) is -0.149. The number of hydrogen-bond donors (Lipinski definition) is 1. The van der Waals surface area contributed by atoms with Crippen LogP contribution in [-0.4, -0.2) is 55.5 Å². The van der Waals surface area contributed by atoms with Crippen molar-refractivity contribution >= 4 is 17.3 Å². The summed E-state index contributed by atoms with van der Waals surface area (Å²) in [5, 5.41) is 14.5. The van der Waals surface area contributed by atoms with Crippen LogP contribution in [-0.2, 0) is 0 Å². The summed E-state index contributed by atoms with van der Waals surface area (Å²) < 4.78 is 0. The number of nitrogens with zero attached hydrogens (tertiary/aromatic N) is 3. The first-order chi connectivity index (χ1) is 10.5. The van der Waals surface area contributed by atoms with E-state index in [1.165, 1.54) is 6.07 Å². The molecular formula is C15H22N4O3. The molecule has 1 atom stereocenters. The van der Waals surface area contributed by atoms with Crippen LogP contribution in [0, 0.1) is 10.1 Å². The molecule has 1 unspecified atom stereocenters. The summed E-state index contributed by atoms with van der Waals surface area (Å²) in [6.07, 6.45) is 0.914. The molecule has 7 heteroatoms. The Morgan fingerprint density at radius 2 is 2.18 bits per heavy atom. The van der Waals surface area contributed by atoms with Crippen molar-refractivity contribution < 1.29 is 9.72 Å². The van der Waals surface area contributed by atoms with Crippen LogP contribution in [0.4, 0.5) is 11.4 Å². The Labute approximate surface area is 130 Å². The topological polar surface area (TPSA) is 78.7 Å². The van der Waals surface area contributed by atoms with Crippen LogP contribution in [0.25, 0.3) is 0 Å². The number of carbonyl (C=O) groups excluding carboxylic acids is 1. The molecule has 0 aliphatic carbocycles. The van der Waals surface area contributed by atoms with E-state index in [9.17, 15) is 14.9 Å². The van der Waals surface area contributed by atoms with Crippen molar-refractivity contribution in [2.45, 2.75) is 19.4 Å². The molecule has 0 radical (unpaired) electrons. The molecule has 120 valence electrons. The molecule has 2 rings (SSSR count). The van der Waals surface area contributed by atoms with Gasteiger partial charge >= 0.3 is 0 Å². The van der Waals surface area contributed by atoms with Gasteiger partial charge in [-0.3, -0.25) is 14.9 Å². The van der Waals surface area contributed by atoms with Crippen LogP contribution < -0.4 is 10.2 Å². The van der Waals surface area contributed by atoms with Crippen molar-refractivity contribution in [3.8, 4) is 0 Å². The molecule has 0 saturated carbocycles.